The lowest BCUT2D eigenvalue weighted by Gasteiger charge is -2.18. The molecule has 2 heterocycles. The topological polar surface area (TPSA) is 95.1 Å². The van der Waals surface area contributed by atoms with Crippen LogP contribution in [-0.4, -0.2) is 34.4 Å². The molecule has 1 unspecified atom stereocenters. The zero-order chi connectivity index (χ0) is 19.4. The van der Waals surface area contributed by atoms with Crippen LogP contribution < -0.4 is 11.1 Å². The number of benzene rings is 1. The summed E-state index contributed by atoms with van der Waals surface area (Å²) in [4.78, 5) is 17.0. The fourth-order valence-electron chi connectivity index (χ4n) is 3.04. The minimum Gasteiger partial charge on any atom is -0.384 e. The number of hydrogen-bond acceptors (Lipinski definition) is 5. The molecule has 3 N–H and O–H groups in total. The number of aryl methyl sites for hydroxylation is 2. The van der Waals surface area contributed by atoms with Crippen LogP contribution in [0.2, 0.25) is 0 Å². The second kappa shape index (κ2) is 8.01. The number of rotatable bonds is 6. The molecule has 0 radical (unpaired) electrons. The summed E-state index contributed by atoms with van der Waals surface area (Å²) in [6.45, 7) is 2.32. The highest BCUT2D eigenvalue weighted by atomic mass is 16.5. The van der Waals surface area contributed by atoms with Gasteiger partial charge in [-0.15, -0.1) is 0 Å². The van der Waals surface area contributed by atoms with E-state index < -0.39 is 0 Å². The van der Waals surface area contributed by atoms with Crippen LogP contribution in [0.3, 0.4) is 0 Å². The van der Waals surface area contributed by atoms with Gasteiger partial charge in [-0.05, 0) is 42.3 Å². The second-order valence-electron chi connectivity index (χ2n) is 6.37. The third-order valence-electron chi connectivity index (χ3n) is 4.42. The summed E-state index contributed by atoms with van der Waals surface area (Å²) in [5.74, 6) is 0.296. The van der Waals surface area contributed by atoms with Gasteiger partial charge in [0.25, 0.3) is 5.91 Å². The molecular formula is C20H23N5O2. The Hall–Kier alpha value is -3.19. The van der Waals surface area contributed by atoms with Crippen molar-refractivity contribution in [2.45, 2.75) is 13.0 Å². The van der Waals surface area contributed by atoms with Crippen LogP contribution in [0.1, 0.15) is 27.7 Å². The van der Waals surface area contributed by atoms with Crippen LogP contribution in [-0.2, 0) is 11.8 Å². The molecule has 1 atom stereocenters. The van der Waals surface area contributed by atoms with E-state index in [0.717, 1.165) is 22.4 Å². The Labute approximate surface area is 158 Å². The third kappa shape index (κ3) is 4.15. The van der Waals surface area contributed by atoms with E-state index in [-0.39, 0.29) is 11.9 Å². The number of carbonyl (C=O) groups is 1. The minimum atomic E-state index is -0.293. The number of ether oxygens (including phenoxy) is 1. The van der Waals surface area contributed by atoms with Crippen molar-refractivity contribution in [2.75, 3.05) is 19.5 Å². The number of pyridine rings is 1. The lowest BCUT2D eigenvalue weighted by molar-refractivity contribution is 0.0892. The molecule has 1 aromatic carbocycles. The molecule has 7 heteroatoms. The van der Waals surface area contributed by atoms with Crippen LogP contribution in [0, 0.1) is 6.92 Å². The summed E-state index contributed by atoms with van der Waals surface area (Å²) in [7, 11) is 3.44. The van der Waals surface area contributed by atoms with Gasteiger partial charge in [0.15, 0.2) is 0 Å². The highest BCUT2D eigenvalue weighted by Crippen LogP contribution is 2.25. The smallest absolute Gasteiger partial charge is 0.251 e. The third-order valence-corrected chi connectivity index (χ3v) is 4.42. The maximum atomic E-state index is 12.8. The van der Waals surface area contributed by atoms with Gasteiger partial charge in [0.1, 0.15) is 5.82 Å². The Bertz CT molecular complexity index is 951. The number of methoxy groups -OCH3 is 1. The van der Waals surface area contributed by atoms with Crippen molar-refractivity contribution in [3.05, 3.63) is 65.6 Å². The van der Waals surface area contributed by atoms with Crippen molar-refractivity contribution in [3.63, 3.8) is 0 Å². The van der Waals surface area contributed by atoms with E-state index in [1.165, 1.54) is 0 Å². The Balaban J connectivity index is 1.85. The average molecular weight is 365 g/mol. The van der Waals surface area contributed by atoms with Gasteiger partial charge in [-0.2, -0.15) is 5.10 Å². The Morgan fingerprint density at radius 3 is 2.81 bits per heavy atom. The van der Waals surface area contributed by atoms with E-state index in [9.17, 15) is 4.79 Å². The summed E-state index contributed by atoms with van der Waals surface area (Å²) >= 11 is 0. The predicted molar refractivity (Wildman–Crippen MR) is 104 cm³/mol. The molecule has 27 heavy (non-hydrogen) atoms. The first kappa shape index (κ1) is 18.6. The van der Waals surface area contributed by atoms with E-state index >= 15 is 0 Å². The number of nitrogens with zero attached hydrogens (tertiary/aromatic N) is 3. The largest absolute Gasteiger partial charge is 0.384 e. The molecule has 7 nitrogen and oxygen atoms in total. The summed E-state index contributed by atoms with van der Waals surface area (Å²) in [5.41, 5.74) is 10.0. The first-order valence-electron chi connectivity index (χ1n) is 8.60. The Kier molecular flexibility index (Phi) is 5.52. The molecule has 0 fully saturated rings. The number of hydrogen-bond donors (Lipinski definition) is 2. The maximum Gasteiger partial charge on any atom is 0.251 e. The van der Waals surface area contributed by atoms with Crippen molar-refractivity contribution in [3.8, 4) is 11.1 Å². The van der Waals surface area contributed by atoms with Gasteiger partial charge in [-0.3, -0.25) is 9.48 Å². The number of nitrogens with one attached hydrogen (secondary N) is 1. The van der Waals surface area contributed by atoms with E-state index in [1.807, 2.05) is 44.3 Å². The molecule has 0 saturated heterocycles. The van der Waals surface area contributed by atoms with Crippen LogP contribution in [0.4, 0.5) is 5.82 Å². The van der Waals surface area contributed by atoms with Crippen LogP contribution in [0.25, 0.3) is 11.1 Å². The summed E-state index contributed by atoms with van der Waals surface area (Å²) in [6.07, 6.45) is 3.42. The summed E-state index contributed by atoms with van der Waals surface area (Å²) in [6, 6.07) is 10.8. The number of carbonyl (C=O) groups excluding carboxylic acids is 1. The quantitative estimate of drug-likeness (QED) is 0.700. The van der Waals surface area contributed by atoms with E-state index in [1.54, 1.807) is 30.3 Å². The molecule has 140 valence electrons. The van der Waals surface area contributed by atoms with Gasteiger partial charge in [0.05, 0.1) is 18.3 Å². The number of nitrogens with two attached hydrogens (primary N) is 1. The number of nitrogen functional groups attached to an aromatic ring is 1. The van der Waals surface area contributed by atoms with Crippen LogP contribution >= 0.6 is 0 Å². The first-order chi connectivity index (χ1) is 13.0. The van der Waals surface area contributed by atoms with Crippen molar-refractivity contribution in [2.24, 2.45) is 7.05 Å². The zero-order valence-corrected chi connectivity index (χ0v) is 15.6. The molecule has 0 aliphatic heterocycles. The molecule has 2 aromatic heterocycles. The van der Waals surface area contributed by atoms with Crippen molar-refractivity contribution < 1.29 is 9.53 Å². The highest BCUT2D eigenvalue weighted by molar-refractivity contribution is 5.95. The summed E-state index contributed by atoms with van der Waals surface area (Å²) in [5, 5.41) is 7.18. The zero-order valence-electron chi connectivity index (χ0n) is 15.6. The fraction of sp³-hybridized carbons (Fsp3) is 0.250. The first-order valence-corrected chi connectivity index (χ1v) is 8.60. The van der Waals surface area contributed by atoms with Crippen molar-refractivity contribution in [1.82, 2.24) is 20.1 Å². The van der Waals surface area contributed by atoms with Gasteiger partial charge < -0.3 is 15.8 Å². The fourth-order valence-corrected chi connectivity index (χ4v) is 3.04. The van der Waals surface area contributed by atoms with E-state index in [0.29, 0.717) is 18.0 Å². The van der Waals surface area contributed by atoms with Crippen LogP contribution in [0.15, 0.2) is 48.8 Å². The molecule has 0 saturated carbocycles. The van der Waals surface area contributed by atoms with Gasteiger partial charge in [-0.1, -0.05) is 12.1 Å². The number of anilines is 1. The number of aromatic nitrogens is 3. The summed E-state index contributed by atoms with van der Waals surface area (Å²) < 4.78 is 6.99. The molecule has 0 aliphatic carbocycles. The maximum absolute atomic E-state index is 12.8. The molecular weight excluding hydrogens is 342 g/mol. The van der Waals surface area contributed by atoms with Gasteiger partial charge in [0, 0.05) is 37.7 Å². The minimum absolute atomic E-state index is 0.179. The molecule has 3 rings (SSSR count). The molecule has 0 bridgehead atoms. The highest BCUT2D eigenvalue weighted by Gasteiger charge is 2.19. The molecule has 0 spiro atoms. The van der Waals surface area contributed by atoms with Gasteiger partial charge in [0.2, 0.25) is 0 Å². The standard InChI is InChI=1S/C20H23N5O2/c1-13-9-19(21)22-11-16(13)14-5-4-6-15(10-14)20(26)24-17(12-27-3)18-7-8-23-25(18)2/h4-11,17H,12H2,1-3H3,(H2,21,22)(H,24,26). The van der Waals surface area contributed by atoms with Gasteiger partial charge in [-0.25, -0.2) is 4.98 Å². The molecule has 0 aliphatic rings. The Morgan fingerprint density at radius 2 is 2.15 bits per heavy atom. The Morgan fingerprint density at radius 1 is 1.33 bits per heavy atom. The van der Waals surface area contributed by atoms with E-state index in [2.05, 4.69) is 15.4 Å². The number of amides is 1. The predicted octanol–water partition coefficient (Wildman–Crippen LogP) is 2.49. The van der Waals surface area contributed by atoms with Gasteiger partial charge >= 0.3 is 0 Å². The second-order valence-corrected chi connectivity index (χ2v) is 6.37. The average Bonchev–Trinajstić information content (AvgIpc) is 3.07. The van der Waals surface area contributed by atoms with Crippen molar-refractivity contribution in [1.29, 1.82) is 0 Å². The van der Waals surface area contributed by atoms with Crippen LogP contribution in [0.5, 0.6) is 0 Å². The van der Waals surface area contributed by atoms with Crippen molar-refractivity contribution >= 4 is 11.7 Å². The molecule has 1 amide bonds. The monoisotopic (exact) mass is 365 g/mol. The normalized spacial score (nSPS) is 12.0. The lowest BCUT2D eigenvalue weighted by Crippen LogP contribution is -2.32. The molecule has 3 aromatic rings. The SMILES string of the molecule is COCC(NC(=O)c1cccc(-c2cnc(N)cc2C)c1)c1ccnn1C. The lowest BCUT2D eigenvalue weighted by atomic mass is 10.0. The van der Waals surface area contributed by atoms with E-state index in [4.69, 9.17) is 10.5 Å².